The zero-order chi connectivity index (χ0) is 15.0. The number of benzene rings is 1. The van der Waals surface area contributed by atoms with Crippen LogP contribution < -0.4 is 5.73 Å². The molecule has 2 aromatic rings. The van der Waals surface area contributed by atoms with Crippen molar-refractivity contribution in [1.82, 2.24) is 20.2 Å². The summed E-state index contributed by atoms with van der Waals surface area (Å²) in [6.07, 6.45) is 0.655. The van der Waals surface area contributed by atoms with E-state index in [1.807, 2.05) is 6.07 Å². The fraction of sp³-hybridized carbons (Fsp3) is 0.417. The Labute approximate surface area is 130 Å². The molecule has 112 valence electrons. The highest BCUT2D eigenvalue weighted by atomic mass is 79.9. The number of tetrazole rings is 1. The van der Waals surface area contributed by atoms with Gasteiger partial charge in [-0.1, -0.05) is 15.9 Å². The van der Waals surface area contributed by atoms with Gasteiger partial charge < -0.3 is 5.73 Å². The maximum atomic E-state index is 11.5. The van der Waals surface area contributed by atoms with Crippen molar-refractivity contribution in [3.8, 4) is 11.4 Å². The number of rotatable bonds is 3. The van der Waals surface area contributed by atoms with E-state index in [1.54, 1.807) is 16.8 Å². The van der Waals surface area contributed by atoms with Crippen molar-refractivity contribution < 1.29 is 8.42 Å². The standard InChI is InChI=1S/C12H14BrN5O2S/c13-10-3-9(4-11(14)5-10)12-15-16-17-18(12)6-8-1-2-21(19,20)7-8/h3-5,8H,1-2,6-7,14H2. The Hall–Kier alpha value is -1.48. The van der Waals surface area contributed by atoms with Gasteiger partial charge in [-0.3, -0.25) is 0 Å². The lowest BCUT2D eigenvalue weighted by atomic mass is 10.1. The number of aromatic nitrogens is 4. The van der Waals surface area contributed by atoms with Crippen molar-refractivity contribution >= 4 is 31.5 Å². The molecule has 9 heteroatoms. The van der Waals surface area contributed by atoms with Crippen LogP contribution in [0.1, 0.15) is 6.42 Å². The first-order valence-electron chi connectivity index (χ1n) is 6.46. The number of sulfone groups is 1. The summed E-state index contributed by atoms with van der Waals surface area (Å²) in [6.45, 7) is 0.494. The summed E-state index contributed by atoms with van der Waals surface area (Å²) < 4.78 is 25.5. The lowest BCUT2D eigenvalue weighted by molar-refractivity contribution is 0.452. The van der Waals surface area contributed by atoms with Gasteiger partial charge in [-0.15, -0.1) is 5.10 Å². The minimum atomic E-state index is -2.90. The van der Waals surface area contributed by atoms with E-state index in [1.165, 1.54) is 0 Å². The Morgan fingerprint density at radius 1 is 1.38 bits per heavy atom. The maximum Gasteiger partial charge on any atom is 0.182 e. The minimum absolute atomic E-state index is 0.0572. The van der Waals surface area contributed by atoms with E-state index in [0.29, 0.717) is 24.5 Å². The zero-order valence-electron chi connectivity index (χ0n) is 11.1. The first kappa shape index (κ1) is 14.5. The van der Waals surface area contributed by atoms with Crippen molar-refractivity contribution in [2.24, 2.45) is 5.92 Å². The molecular formula is C12H14BrN5O2S. The Morgan fingerprint density at radius 3 is 2.86 bits per heavy atom. The van der Waals surface area contributed by atoms with E-state index in [2.05, 4.69) is 31.5 Å². The average molecular weight is 372 g/mol. The molecular weight excluding hydrogens is 358 g/mol. The molecule has 0 saturated carbocycles. The molecule has 0 spiro atoms. The van der Waals surface area contributed by atoms with Crippen molar-refractivity contribution in [1.29, 1.82) is 0 Å². The second-order valence-electron chi connectivity index (χ2n) is 5.23. The summed E-state index contributed by atoms with van der Waals surface area (Å²) in [7, 11) is -2.90. The number of hydrogen-bond acceptors (Lipinski definition) is 6. The zero-order valence-corrected chi connectivity index (χ0v) is 13.5. The van der Waals surface area contributed by atoms with Crippen LogP contribution in [0.15, 0.2) is 22.7 Å². The molecule has 1 aliphatic heterocycles. The molecule has 1 saturated heterocycles. The average Bonchev–Trinajstić information content (AvgIpc) is 2.95. The van der Waals surface area contributed by atoms with E-state index in [0.717, 1.165) is 10.0 Å². The van der Waals surface area contributed by atoms with Crippen LogP contribution >= 0.6 is 15.9 Å². The Bertz CT molecular complexity index is 753. The number of hydrogen-bond donors (Lipinski definition) is 1. The largest absolute Gasteiger partial charge is 0.399 e. The topological polar surface area (TPSA) is 104 Å². The fourth-order valence-electron chi connectivity index (χ4n) is 2.54. The third-order valence-electron chi connectivity index (χ3n) is 3.47. The summed E-state index contributed by atoms with van der Waals surface area (Å²) in [4.78, 5) is 0. The molecule has 7 nitrogen and oxygen atoms in total. The van der Waals surface area contributed by atoms with E-state index in [-0.39, 0.29) is 17.4 Å². The van der Waals surface area contributed by atoms with Gasteiger partial charge in [0, 0.05) is 22.3 Å². The van der Waals surface area contributed by atoms with E-state index < -0.39 is 9.84 Å². The van der Waals surface area contributed by atoms with Gasteiger partial charge in [0.05, 0.1) is 11.5 Å². The molecule has 1 fully saturated rings. The summed E-state index contributed by atoms with van der Waals surface area (Å²) in [6, 6.07) is 5.46. The predicted molar refractivity (Wildman–Crippen MR) is 82.1 cm³/mol. The second kappa shape index (κ2) is 5.38. The van der Waals surface area contributed by atoms with E-state index in [9.17, 15) is 8.42 Å². The van der Waals surface area contributed by atoms with Crippen LogP contribution in [-0.4, -0.2) is 40.1 Å². The molecule has 21 heavy (non-hydrogen) atoms. The predicted octanol–water partition coefficient (Wildman–Crippen LogP) is 1.12. The number of nitrogens with two attached hydrogens (primary N) is 1. The molecule has 1 aromatic heterocycles. The monoisotopic (exact) mass is 371 g/mol. The Morgan fingerprint density at radius 2 is 2.19 bits per heavy atom. The number of nitrogen functional groups attached to an aromatic ring is 1. The molecule has 2 heterocycles. The molecule has 2 N–H and O–H groups in total. The molecule has 0 bridgehead atoms. The van der Waals surface area contributed by atoms with Crippen LogP contribution in [0.4, 0.5) is 5.69 Å². The number of halogens is 1. The lowest BCUT2D eigenvalue weighted by Crippen LogP contribution is -2.14. The third kappa shape index (κ3) is 3.24. The Kier molecular flexibility index (Phi) is 3.70. The van der Waals surface area contributed by atoms with Crippen LogP contribution in [0.3, 0.4) is 0 Å². The molecule has 3 rings (SSSR count). The van der Waals surface area contributed by atoms with Gasteiger partial charge in [-0.05, 0) is 41.0 Å². The molecule has 1 atom stereocenters. The minimum Gasteiger partial charge on any atom is -0.399 e. The molecule has 1 aromatic carbocycles. The van der Waals surface area contributed by atoms with Gasteiger partial charge in [0.2, 0.25) is 0 Å². The third-order valence-corrected chi connectivity index (χ3v) is 5.76. The highest BCUT2D eigenvalue weighted by Gasteiger charge is 2.29. The molecule has 0 aliphatic carbocycles. The van der Waals surface area contributed by atoms with Crippen LogP contribution in [0.2, 0.25) is 0 Å². The lowest BCUT2D eigenvalue weighted by Gasteiger charge is -2.09. The second-order valence-corrected chi connectivity index (χ2v) is 8.37. The first-order chi connectivity index (χ1) is 9.93. The highest BCUT2D eigenvalue weighted by Crippen LogP contribution is 2.26. The van der Waals surface area contributed by atoms with Gasteiger partial charge >= 0.3 is 0 Å². The first-order valence-corrected chi connectivity index (χ1v) is 9.07. The van der Waals surface area contributed by atoms with Crippen molar-refractivity contribution in [2.75, 3.05) is 17.2 Å². The van der Waals surface area contributed by atoms with Crippen LogP contribution in [0, 0.1) is 5.92 Å². The number of nitrogens with zero attached hydrogens (tertiary/aromatic N) is 4. The number of anilines is 1. The van der Waals surface area contributed by atoms with Gasteiger partial charge in [0.15, 0.2) is 15.7 Å². The summed E-state index contributed by atoms with van der Waals surface area (Å²) in [5, 5.41) is 11.7. The van der Waals surface area contributed by atoms with Crippen molar-refractivity contribution in [3.63, 3.8) is 0 Å². The van der Waals surface area contributed by atoms with Crippen LogP contribution in [0.25, 0.3) is 11.4 Å². The van der Waals surface area contributed by atoms with Gasteiger partial charge in [-0.2, -0.15) is 0 Å². The SMILES string of the molecule is Nc1cc(Br)cc(-c2nnnn2CC2CCS(=O)(=O)C2)c1. The van der Waals surface area contributed by atoms with Crippen LogP contribution in [-0.2, 0) is 16.4 Å². The summed E-state index contributed by atoms with van der Waals surface area (Å²) in [5.41, 5.74) is 7.24. The normalized spacial score (nSPS) is 20.7. The highest BCUT2D eigenvalue weighted by molar-refractivity contribution is 9.10. The quantitative estimate of drug-likeness (QED) is 0.810. The smallest absolute Gasteiger partial charge is 0.182 e. The van der Waals surface area contributed by atoms with E-state index >= 15 is 0 Å². The fourth-order valence-corrected chi connectivity index (χ4v) is 4.90. The van der Waals surface area contributed by atoms with Crippen molar-refractivity contribution in [2.45, 2.75) is 13.0 Å². The molecule has 0 radical (unpaired) electrons. The Balaban J connectivity index is 1.87. The molecule has 1 unspecified atom stereocenters. The van der Waals surface area contributed by atoms with Gasteiger partial charge in [0.1, 0.15) is 0 Å². The van der Waals surface area contributed by atoms with Crippen LogP contribution in [0.5, 0.6) is 0 Å². The maximum absolute atomic E-state index is 11.5. The summed E-state index contributed by atoms with van der Waals surface area (Å²) >= 11 is 3.39. The summed E-state index contributed by atoms with van der Waals surface area (Å²) in [5.74, 6) is 1.10. The van der Waals surface area contributed by atoms with Gasteiger partial charge in [-0.25, -0.2) is 13.1 Å². The molecule has 1 aliphatic rings. The molecule has 0 amide bonds. The van der Waals surface area contributed by atoms with Crippen molar-refractivity contribution in [3.05, 3.63) is 22.7 Å². The van der Waals surface area contributed by atoms with E-state index in [4.69, 9.17) is 5.73 Å². The van der Waals surface area contributed by atoms with Gasteiger partial charge in [0.25, 0.3) is 0 Å².